The highest BCUT2D eigenvalue weighted by Crippen LogP contribution is 2.42. The molecule has 0 aliphatic heterocycles. The van der Waals surface area contributed by atoms with E-state index in [1.807, 2.05) is 64.0 Å². The van der Waals surface area contributed by atoms with Gasteiger partial charge in [-0.05, 0) is 43.3 Å². The first-order valence-electron chi connectivity index (χ1n) is 13.7. The van der Waals surface area contributed by atoms with Crippen molar-refractivity contribution in [3.8, 4) is 22.5 Å². The van der Waals surface area contributed by atoms with E-state index in [9.17, 15) is 0 Å². The van der Waals surface area contributed by atoms with Crippen LogP contribution in [0.4, 0.5) is 23.0 Å². The lowest BCUT2D eigenvalue weighted by Crippen LogP contribution is -2.08. The summed E-state index contributed by atoms with van der Waals surface area (Å²) in [5, 5.41) is 9.21. The fraction of sp³-hybridized carbons (Fsp3) is 0.161. The average Bonchev–Trinajstić information content (AvgIpc) is 3.78. The largest absolute Gasteiger partial charge is 0.354 e. The highest BCUT2D eigenvalue weighted by atomic mass is 15.2. The first-order chi connectivity index (χ1) is 20.3. The van der Waals surface area contributed by atoms with Gasteiger partial charge < -0.3 is 28.9 Å². The van der Waals surface area contributed by atoms with E-state index in [0.717, 1.165) is 61.8 Å². The van der Waals surface area contributed by atoms with Crippen molar-refractivity contribution < 1.29 is 0 Å². The van der Waals surface area contributed by atoms with Crippen molar-refractivity contribution >= 4 is 50.9 Å². The summed E-state index contributed by atoms with van der Waals surface area (Å²) in [4.78, 5) is 19.7. The lowest BCUT2D eigenvalue weighted by Gasteiger charge is -2.15. The Hall–Kier alpha value is -5.58. The van der Waals surface area contributed by atoms with E-state index in [-0.39, 0.29) is 0 Å². The standard InChI is InChI=1S/C31H29N11/c1-18-32-30-36-27(21-14-38(2)16-23(21)34-25-8-6-12-40(25)4)19-10-11-20-28(37-31(33-18)42(30)29(19)20)22-15-39(3)17-24(22)35-26-9-7-13-41(26)5/h6-17,34-35H,1-5H3. The first-order valence-corrected chi connectivity index (χ1v) is 13.7. The van der Waals surface area contributed by atoms with Crippen molar-refractivity contribution in [1.29, 1.82) is 0 Å². The van der Waals surface area contributed by atoms with Crippen LogP contribution in [-0.2, 0) is 28.2 Å². The zero-order chi connectivity index (χ0) is 28.7. The predicted molar refractivity (Wildman–Crippen MR) is 166 cm³/mol. The Morgan fingerprint density at radius 1 is 0.595 bits per heavy atom. The van der Waals surface area contributed by atoms with Crippen LogP contribution in [0.25, 0.3) is 50.4 Å². The molecule has 11 heteroatoms. The van der Waals surface area contributed by atoms with Crippen LogP contribution in [0.5, 0.6) is 0 Å². The second-order valence-corrected chi connectivity index (χ2v) is 10.9. The van der Waals surface area contributed by atoms with Gasteiger partial charge in [-0.25, -0.2) is 14.4 Å². The van der Waals surface area contributed by atoms with Crippen LogP contribution < -0.4 is 10.6 Å². The third-order valence-corrected chi connectivity index (χ3v) is 7.84. The molecule has 0 amide bonds. The molecule has 7 aromatic heterocycles. The molecule has 0 saturated carbocycles. The molecule has 208 valence electrons. The molecule has 0 radical (unpaired) electrons. The molecule has 0 saturated heterocycles. The fourth-order valence-corrected chi connectivity index (χ4v) is 5.88. The summed E-state index contributed by atoms with van der Waals surface area (Å²) in [6.45, 7) is 1.88. The minimum Gasteiger partial charge on any atom is -0.354 e. The Bertz CT molecular complexity index is 2120. The van der Waals surface area contributed by atoms with Crippen LogP contribution >= 0.6 is 0 Å². The quantitative estimate of drug-likeness (QED) is 0.271. The number of hydrogen-bond donors (Lipinski definition) is 2. The molecule has 7 heterocycles. The van der Waals surface area contributed by atoms with E-state index in [4.69, 9.17) is 19.9 Å². The van der Waals surface area contributed by atoms with E-state index in [0.29, 0.717) is 17.4 Å². The van der Waals surface area contributed by atoms with Crippen molar-refractivity contribution in [3.05, 3.63) is 79.4 Å². The van der Waals surface area contributed by atoms with Crippen molar-refractivity contribution in [3.63, 3.8) is 0 Å². The van der Waals surface area contributed by atoms with E-state index in [1.165, 1.54) is 0 Å². The molecule has 1 aromatic carbocycles. The topological polar surface area (TPSA) is 99.8 Å². The number of aryl methyl sites for hydroxylation is 5. The first kappa shape index (κ1) is 24.2. The van der Waals surface area contributed by atoms with E-state index >= 15 is 0 Å². The zero-order valence-electron chi connectivity index (χ0n) is 24.0. The highest BCUT2D eigenvalue weighted by Gasteiger charge is 2.24. The van der Waals surface area contributed by atoms with Gasteiger partial charge in [-0.15, -0.1) is 0 Å². The third kappa shape index (κ3) is 3.59. The molecule has 0 unspecified atom stereocenters. The molecule has 42 heavy (non-hydrogen) atoms. The van der Waals surface area contributed by atoms with E-state index in [2.05, 4.69) is 78.0 Å². The van der Waals surface area contributed by atoms with Gasteiger partial charge in [0.05, 0.1) is 28.3 Å². The molecule has 11 nitrogen and oxygen atoms in total. The van der Waals surface area contributed by atoms with Gasteiger partial charge in [0.15, 0.2) is 0 Å². The van der Waals surface area contributed by atoms with Crippen molar-refractivity contribution in [1.82, 2.24) is 42.6 Å². The third-order valence-electron chi connectivity index (χ3n) is 7.84. The van der Waals surface area contributed by atoms with E-state index in [1.54, 1.807) is 0 Å². The molecule has 0 atom stereocenters. The van der Waals surface area contributed by atoms with Crippen LogP contribution in [0.3, 0.4) is 0 Å². The summed E-state index contributed by atoms with van der Waals surface area (Å²) in [6.07, 6.45) is 12.4. The highest BCUT2D eigenvalue weighted by molar-refractivity contribution is 6.12. The number of hydrogen-bond acceptors (Lipinski definition) is 6. The molecule has 0 aliphatic carbocycles. The number of nitrogens with zero attached hydrogens (tertiary/aromatic N) is 9. The van der Waals surface area contributed by atoms with Gasteiger partial charge in [0.1, 0.15) is 17.5 Å². The minimum absolute atomic E-state index is 0.569. The summed E-state index contributed by atoms with van der Waals surface area (Å²) in [7, 11) is 8.10. The van der Waals surface area contributed by atoms with Crippen LogP contribution in [0.15, 0.2) is 73.6 Å². The summed E-state index contributed by atoms with van der Waals surface area (Å²) < 4.78 is 10.2. The van der Waals surface area contributed by atoms with Crippen LogP contribution in [0.1, 0.15) is 5.82 Å². The summed E-state index contributed by atoms with van der Waals surface area (Å²) in [5.41, 5.74) is 6.63. The van der Waals surface area contributed by atoms with Crippen LogP contribution in [0.2, 0.25) is 0 Å². The molecular formula is C31H29N11. The second kappa shape index (κ2) is 8.71. The second-order valence-electron chi connectivity index (χ2n) is 10.9. The molecule has 0 fully saturated rings. The maximum atomic E-state index is 5.11. The fourth-order valence-electron chi connectivity index (χ4n) is 5.88. The molecular weight excluding hydrogens is 526 g/mol. The van der Waals surface area contributed by atoms with Gasteiger partial charge in [-0.1, -0.05) is 0 Å². The Kier molecular flexibility index (Phi) is 5.02. The van der Waals surface area contributed by atoms with Gasteiger partial charge in [0.25, 0.3) is 0 Å². The molecule has 0 aliphatic rings. The Balaban J connectivity index is 1.38. The number of nitrogens with one attached hydrogen (secondary N) is 2. The SMILES string of the molecule is Cc1nc2nc(-c3cn(C)cc3Nc3cccn3C)c3ccc4c(-c5cn(C)cc5Nc5cccn5C)nc(n1)n2c34. The number of aromatic nitrogens is 9. The zero-order valence-corrected chi connectivity index (χ0v) is 24.0. The lowest BCUT2D eigenvalue weighted by atomic mass is 10.1. The monoisotopic (exact) mass is 555 g/mol. The summed E-state index contributed by atoms with van der Waals surface area (Å²) >= 11 is 0. The maximum Gasteiger partial charge on any atom is 0.239 e. The van der Waals surface area contributed by atoms with Crippen LogP contribution in [-0.4, -0.2) is 42.6 Å². The van der Waals surface area contributed by atoms with Crippen molar-refractivity contribution in [2.24, 2.45) is 28.2 Å². The Morgan fingerprint density at radius 3 is 1.50 bits per heavy atom. The summed E-state index contributed by atoms with van der Waals surface area (Å²) in [6, 6.07) is 12.4. The van der Waals surface area contributed by atoms with Gasteiger partial charge in [-0.3, -0.25) is 0 Å². The smallest absolute Gasteiger partial charge is 0.239 e. The molecule has 0 bridgehead atoms. The van der Waals surface area contributed by atoms with Crippen LogP contribution in [0, 0.1) is 6.92 Å². The Labute approximate surface area is 241 Å². The number of anilines is 4. The van der Waals surface area contributed by atoms with E-state index < -0.39 is 0 Å². The normalized spacial score (nSPS) is 11.9. The number of rotatable bonds is 6. The molecule has 8 rings (SSSR count). The van der Waals surface area contributed by atoms with Crippen molar-refractivity contribution in [2.75, 3.05) is 10.6 Å². The van der Waals surface area contributed by atoms with Gasteiger partial charge in [0, 0.05) is 87.3 Å². The average molecular weight is 556 g/mol. The molecule has 2 N–H and O–H groups in total. The Morgan fingerprint density at radius 2 is 1.07 bits per heavy atom. The van der Waals surface area contributed by atoms with Gasteiger partial charge >= 0.3 is 0 Å². The van der Waals surface area contributed by atoms with Crippen molar-refractivity contribution in [2.45, 2.75) is 6.92 Å². The molecule has 8 aromatic rings. The minimum atomic E-state index is 0.569. The predicted octanol–water partition coefficient (Wildman–Crippen LogP) is 5.75. The lowest BCUT2D eigenvalue weighted by molar-refractivity contribution is 0.924. The van der Waals surface area contributed by atoms with Gasteiger partial charge in [-0.2, -0.15) is 9.97 Å². The van der Waals surface area contributed by atoms with Gasteiger partial charge in [0.2, 0.25) is 11.6 Å². The molecule has 0 spiro atoms. The maximum absolute atomic E-state index is 5.11. The summed E-state index contributed by atoms with van der Waals surface area (Å²) in [5.74, 6) is 3.75.